The van der Waals surface area contributed by atoms with Gasteiger partial charge in [-0.1, -0.05) is 0 Å². The molecule has 0 aliphatic rings. The molecular formula is C20H18F6I2O6S2. The van der Waals surface area contributed by atoms with Crippen molar-refractivity contribution in [1.29, 1.82) is 0 Å². The van der Waals surface area contributed by atoms with E-state index in [9.17, 15) is 43.2 Å². The van der Waals surface area contributed by atoms with Gasteiger partial charge in [-0.2, -0.15) is 0 Å². The first-order valence-corrected chi connectivity index (χ1v) is 18.5. The zero-order valence-corrected chi connectivity index (χ0v) is 24.1. The van der Waals surface area contributed by atoms with Gasteiger partial charge in [0.1, 0.15) is 0 Å². The molecule has 0 atom stereocenters. The van der Waals surface area contributed by atoms with Gasteiger partial charge in [0.05, 0.1) is 0 Å². The second-order valence-electron chi connectivity index (χ2n) is 6.53. The molecule has 6 nitrogen and oxygen atoms in total. The molecule has 0 unspecified atom stereocenters. The normalized spacial score (nSPS) is 13.5. The van der Waals surface area contributed by atoms with Gasteiger partial charge in [-0.3, -0.25) is 0 Å². The summed E-state index contributed by atoms with van der Waals surface area (Å²) in [6.07, 6.45) is 1.66. The number of hydrogen-bond acceptors (Lipinski definition) is 6. The van der Waals surface area contributed by atoms with E-state index < -0.39 is 71.7 Å². The SMILES string of the molecule is CCCCC#CI(OS(=O)(=O)C(F)(F)F)c1ccc(I(OS(=O)(=O)C(F)(F)F)c2ccccc2)cc1. The maximum absolute atomic E-state index is 13.0. The first kappa shape index (κ1) is 31.1. The Hall–Kier alpha value is -1.14. The van der Waals surface area contributed by atoms with Crippen LogP contribution in [0.15, 0.2) is 54.6 Å². The molecule has 36 heavy (non-hydrogen) atoms. The Morgan fingerprint density at radius 1 is 0.750 bits per heavy atom. The molecule has 0 bridgehead atoms. The standard InChI is InChI=1S/C20H18F6I2O6S2/c1-2-3-4-8-15-27(33-35(29,30)19(21,22)23)16-11-13-18(14-12-16)28(17-9-6-5-7-10-17)34-36(31,32)20(24,25)26/h5-7,9-14H,2-4H2,1H3. The molecule has 16 heteroatoms. The van der Waals surface area contributed by atoms with E-state index in [1.165, 1.54) is 36.4 Å². The average molecular weight is 786 g/mol. The topological polar surface area (TPSA) is 86.7 Å². The Labute approximate surface area is 219 Å². The summed E-state index contributed by atoms with van der Waals surface area (Å²) >= 11 is -7.48. The molecule has 0 saturated heterocycles. The van der Waals surface area contributed by atoms with Gasteiger partial charge in [0.15, 0.2) is 0 Å². The van der Waals surface area contributed by atoms with E-state index in [0.717, 1.165) is 18.6 Å². The zero-order valence-electron chi connectivity index (χ0n) is 18.1. The third kappa shape index (κ3) is 8.44. The summed E-state index contributed by atoms with van der Waals surface area (Å²) < 4.78 is 136. The van der Waals surface area contributed by atoms with Crippen molar-refractivity contribution in [1.82, 2.24) is 0 Å². The van der Waals surface area contributed by atoms with Gasteiger partial charge in [-0.15, -0.1) is 0 Å². The Morgan fingerprint density at radius 2 is 1.22 bits per heavy atom. The fourth-order valence-corrected chi connectivity index (χ4v) is 13.8. The van der Waals surface area contributed by atoms with Crippen LogP contribution in [0.3, 0.4) is 0 Å². The Kier molecular flexibility index (Phi) is 10.9. The molecule has 0 amide bonds. The molecule has 202 valence electrons. The summed E-state index contributed by atoms with van der Waals surface area (Å²) in [5.41, 5.74) is -11.3. The minimum atomic E-state index is -5.95. The van der Waals surface area contributed by atoms with E-state index in [0.29, 0.717) is 12.8 Å². The molecular weight excluding hydrogens is 768 g/mol. The summed E-state index contributed by atoms with van der Waals surface area (Å²) in [5.74, 6) is 2.61. The van der Waals surface area contributed by atoms with Crippen LogP contribution in [0.2, 0.25) is 0 Å². The van der Waals surface area contributed by atoms with Gasteiger partial charge in [-0.05, 0) is 0 Å². The molecule has 0 aliphatic carbocycles. The van der Waals surface area contributed by atoms with Crippen LogP contribution in [0, 0.1) is 20.6 Å². The van der Waals surface area contributed by atoms with Crippen LogP contribution in [0.4, 0.5) is 26.3 Å². The van der Waals surface area contributed by atoms with Crippen molar-refractivity contribution in [3.05, 3.63) is 65.3 Å². The van der Waals surface area contributed by atoms with Crippen molar-refractivity contribution in [2.45, 2.75) is 37.2 Å². The second-order valence-corrected chi connectivity index (χ2v) is 18.8. The molecule has 0 radical (unpaired) electrons. The van der Waals surface area contributed by atoms with E-state index in [-0.39, 0.29) is 10.7 Å². The zero-order chi connectivity index (χ0) is 27.2. The molecule has 2 rings (SSSR count). The molecule has 0 spiro atoms. The summed E-state index contributed by atoms with van der Waals surface area (Å²) in [7, 11) is -11.9. The Balaban J connectivity index is 2.48. The van der Waals surface area contributed by atoms with E-state index in [2.05, 4.69) is 14.9 Å². The predicted octanol–water partition coefficient (Wildman–Crippen LogP) is 6.62. The second kappa shape index (κ2) is 12.6. The van der Waals surface area contributed by atoms with Crippen LogP contribution in [-0.4, -0.2) is 27.9 Å². The van der Waals surface area contributed by atoms with Gasteiger partial charge >= 0.3 is 221 Å². The predicted molar refractivity (Wildman–Crippen MR) is 136 cm³/mol. The molecule has 2 aromatic rings. The number of unbranched alkanes of at least 4 members (excludes halogenated alkanes) is 2. The maximum atomic E-state index is 13.0. The van der Waals surface area contributed by atoms with Crippen LogP contribution in [0.5, 0.6) is 0 Å². The molecule has 0 aliphatic heterocycles. The van der Waals surface area contributed by atoms with Crippen molar-refractivity contribution >= 4 is 60.7 Å². The van der Waals surface area contributed by atoms with Crippen molar-refractivity contribution in [3.63, 3.8) is 0 Å². The van der Waals surface area contributed by atoms with Crippen molar-refractivity contribution in [2.24, 2.45) is 0 Å². The third-order valence-corrected chi connectivity index (χ3v) is 16.9. The molecule has 0 N–H and O–H groups in total. The summed E-state index contributed by atoms with van der Waals surface area (Å²) in [6, 6.07) is 12.0. The van der Waals surface area contributed by atoms with Crippen LogP contribution < -0.4 is 0 Å². The van der Waals surface area contributed by atoms with E-state index in [1.54, 1.807) is 6.07 Å². The fraction of sp³-hybridized carbons (Fsp3) is 0.300. The van der Waals surface area contributed by atoms with Crippen molar-refractivity contribution < 1.29 is 48.2 Å². The van der Waals surface area contributed by atoms with Crippen LogP contribution >= 0.6 is 40.5 Å². The first-order chi connectivity index (χ1) is 16.6. The van der Waals surface area contributed by atoms with Gasteiger partial charge in [-0.25, -0.2) is 0 Å². The van der Waals surface area contributed by atoms with Gasteiger partial charge in [0.2, 0.25) is 0 Å². The summed E-state index contributed by atoms with van der Waals surface area (Å²) in [6.45, 7) is 1.86. The van der Waals surface area contributed by atoms with E-state index in [4.69, 9.17) is 0 Å². The van der Waals surface area contributed by atoms with E-state index >= 15 is 0 Å². The quantitative estimate of drug-likeness (QED) is 0.0935. The van der Waals surface area contributed by atoms with Gasteiger partial charge in [0, 0.05) is 0 Å². The molecule has 0 saturated carbocycles. The molecule has 2 aromatic carbocycles. The number of hydrogen-bond donors (Lipinski definition) is 0. The van der Waals surface area contributed by atoms with Gasteiger partial charge < -0.3 is 0 Å². The number of halogens is 8. The van der Waals surface area contributed by atoms with E-state index in [1.807, 2.05) is 6.92 Å². The Morgan fingerprint density at radius 3 is 1.72 bits per heavy atom. The molecule has 0 fully saturated rings. The van der Waals surface area contributed by atoms with Crippen molar-refractivity contribution in [2.75, 3.05) is 0 Å². The Bertz CT molecular complexity index is 1290. The number of alkyl halides is 6. The van der Waals surface area contributed by atoms with Crippen LogP contribution in [0.1, 0.15) is 26.2 Å². The van der Waals surface area contributed by atoms with Crippen LogP contribution in [-0.2, 0) is 25.3 Å². The average Bonchev–Trinajstić information content (AvgIpc) is 2.79. The minimum absolute atomic E-state index is 0.0161. The molecule has 0 aromatic heterocycles. The summed E-state index contributed by atoms with van der Waals surface area (Å²) in [5, 5.41) is 0. The number of benzene rings is 2. The van der Waals surface area contributed by atoms with Crippen LogP contribution in [0.25, 0.3) is 0 Å². The van der Waals surface area contributed by atoms with Crippen molar-refractivity contribution in [3.8, 4) is 9.85 Å². The third-order valence-electron chi connectivity index (χ3n) is 3.80. The number of rotatable bonds is 9. The monoisotopic (exact) mass is 786 g/mol. The first-order valence-electron chi connectivity index (χ1n) is 9.65. The summed E-state index contributed by atoms with van der Waals surface area (Å²) in [4.78, 5) is 0. The van der Waals surface area contributed by atoms with Gasteiger partial charge in [0.25, 0.3) is 0 Å². The molecule has 0 heterocycles. The fourth-order valence-electron chi connectivity index (χ4n) is 2.10.